The molecule has 178 valence electrons. The Morgan fingerprint density at radius 1 is 0.824 bits per heavy atom. The molecular weight excluding hydrogens is 470 g/mol. The fourth-order valence-corrected chi connectivity index (χ4v) is 6.98. The highest BCUT2D eigenvalue weighted by atomic mass is 32.2. The van der Waals surface area contributed by atoms with Crippen LogP contribution in [-0.2, 0) is 14.8 Å². The summed E-state index contributed by atoms with van der Waals surface area (Å²) in [5, 5.41) is 1.09. The number of nitrogens with zero attached hydrogens (tertiary/aromatic N) is 3. The highest BCUT2D eigenvalue weighted by Gasteiger charge is 2.31. The first-order chi connectivity index (χ1) is 16.5. The van der Waals surface area contributed by atoms with Gasteiger partial charge < -0.3 is 14.5 Å². The molecule has 2 fully saturated rings. The molecule has 2 aliphatic heterocycles. The van der Waals surface area contributed by atoms with Crippen LogP contribution < -0.4 is 4.90 Å². The van der Waals surface area contributed by atoms with Crippen molar-refractivity contribution in [3.05, 3.63) is 71.6 Å². The van der Waals surface area contributed by atoms with E-state index in [1.165, 1.54) is 15.6 Å². The largest absolute Gasteiger partial charge is 0.378 e. The number of benzene rings is 2. The van der Waals surface area contributed by atoms with Gasteiger partial charge in [-0.05, 0) is 23.8 Å². The number of carbonyl (C=O) groups is 1. The maximum atomic E-state index is 13.4. The molecule has 7 nitrogen and oxygen atoms in total. The van der Waals surface area contributed by atoms with Crippen molar-refractivity contribution in [1.82, 2.24) is 9.21 Å². The van der Waals surface area contributed by atoms with Crippen LogP contribution in [0, 0.1) is 0 Å². The Morgan fingerprint density at radius 3 is 2.09 bits per heavy atom. The Kier molecular flexibility index (Phi) is 6.69. The fraction of sp³-hybridized carbons (Fsp3) is 0.320. The molecule has 1 aromatic heterocycles. The van der Waals surface area contributed by atoms with E-state index in [2.05, 4.69) is 17.0 Å². The maximum absolute atomic E-state index is 13.4. The van der Waals surface area contributed by atoms with E-state index in [9.17, 15) is 13.2 Å². The number of morpholine rings is 1. The average Bonchev–Trinajstić information content (AvgIpc) is 3.35. The van der Waals surface area contributed by atoms with Crippen molar-refractivity contribution in [1.29, 1.82) is 0 Å². The number of hydrogen-bond acceptors (Lipinski definition) is 6. The Morgan fingerprint density at radius 2 is 1.44 bits per heavy atom. The van der Waals surface area contributed by atoms with Gasteiger partial charge in [0.1, 0.15) is 0 Å². The van der Waals surface area contributed by atoms with Crippen LogP contribution in [0.4, 0.5) is 5.00 Å². The van der Waals surface area contributed by atoms with Gasteiger partial charge >= 0.3 is 0 Å². The minimum absolute atomic E-state index is 0.0431. The van der Waals surface area contributed by atoms with Crippen molar-refractivity contribution in [3.63, 3.8) is 0 Å². The second-order valence-corrected chi connectivity index (χ2v) is 11.3. The lowest BCUT2D eigenvalue weighted by atomic mass is 10.1. The summed E-state index contributed by atoms with van der Waals surface area (Å²) in [6.07, 6.45) is 0. The molecule has 2 saturated heterocycles. The molecule has 0 unspecified atom stereocenters. The van der Waals surface area contributed by atoms with Crippen LogP contribution in [-0.4, -0.2) is 76.0 Å². The standard InChI is InChI=1S/C25H27N3O4S2/c29-24(26-11-13-28(14-12-26)34(30,31)21-9-5-2-6-10-21)23-19-22(20-7-3-1-4-8-20)25(33-23)27-15-17-32-18-16-27/h1-10,19H,11-18H2. The second-order valence-electron chi connectivity index (χ2n) is 8.30. The average molecular weight is 498 g/mol. The molecule has 3 aromatic rings. The van der Waals surface area contributed by atoms with Crippen LogP contribution in [0.5, 0.6) is 0 Å². The summed E-state index contributed by atoms with van der Waals surface area (Å²) in [7, 11) is -3.55. The summed E-state index contributed by atoms with van der Waals surface area (Å²) >= 11 is 1.51. The van der Waals surface area contributed by atoms with E-state index in [4.69, 9.17) is 4.74 Å². The van der Waals surface area contributed by atoms with Gasteiger partial charge in [0.05, 0.1) is 28.0 Å². The molecule has 3 heterocycles. The third-order valence-corrected chi connectivity index (χ3v) is 9.31. The molecule has 0 radical (unpaired) electrons. The van der Waals surface area contributed by atoms with E-state index in [0.29, 0.717) is 31.2 Å². The van der Waals surface area contributed by atoms with Crippen LogP contribution in [0.3, 0.4) is 0 Å². The number of amides is 1. The number of rotatable bonds is 5. The summed E-state index contributed by atoms with van der Waals surface area (Å²) in [6, 6.07) is 20.6. The van der Waals surface area contributed by atoms with Crippen LogP contribution >= 0.6 is 11.3 Å². The molecule has 34 heavy (non-hydrogen) atoms. The van der Waals surface area contributed by atoms with E-state index in [1.54, 1.807) is 35.2 Å². The van der Waals surface area contributed by atoms with Crippen LogP contribution in [0.15, 0.2) is 71.6 Å². The van der Waals surface area contributed by atoms with Crippen molar-refractivity contribution in [2.75, 3.05) is 57.4 Å². The molecular formula is C25H27N3O4S2. The SMILES string of the molecule is O=C(c1cc(-c2ccccc2)c(N2CCOCC2)s1)N1CCN(S(=O)(=O)c2ccccc2)CC1. The van der Waals surface area contributed by atoms with Crippen molar-refractivity contribution in [3.8, 4) is 11.1 Å². The van der Waals surface area contributed by atoms with Gasteiger partial charge in [0.25, 0.3) is 5.91 Å². The number of anilines is 1. The van der Waals surface area contributed by atoms with Gasteiger partial charge in [-0.1, -0.05) is 48.5 Å². The molecule has 0 bridgehead atoms. The highest BCUT2D eigenvalue weighted by Crippen LogP contribution is 2.40. The minimum Gasteiger partial charge on any atom is -0.378 e. The lowest BCUT2D eigenvalue weighted by molar-refractivity contribution is 0.0703. The van der Waals surface area contributed by atoms with Crippen LogP contribution in [0.1, 0.15) is 9.67 Å². The Bertz CT molecular complexity index is 1230. The Labute approximate surface area is 204 Å². The Hall–Kier alpha value is -2.72. The van der Waals surface area contributed by atoms with E-state index < -0.39 is 10.0 Å². The van der Waals surface area contributed by atoms with E-state index in [-0.39, 0.29) is 23.9 Å². The number of ether oxygens (including phenoxy) is 1. The van der Waals surface area contributed by atoms with E-state index >= 15 is 0 Å². The Balaban J connectivity index is 1.35. The summed E-state index contributed by atoms with van der Waals surface area (Å²) in [4.78, 5) is 18.5. The first-order valence-corrected chi connectivity index (χ1v) is 13.7. The van der Waals surface area contributed by atoms with Gasteiger partial charge in [-0.15, -0.1) is 11.3 Å². The minimum atomic E-state index is -3.55. The zero-order valence-electron chi connectivity index (χ0n) is 18.8. The molecule has 1 amide bonds. The number of thiophene rings is 1. The van der Waals surface area contributed by atoms with Gasteiger partial charge in [-0.25, -0.2) is 8.42 Å². The molecule has 9 heteroatoms. The number of piperazine rings is 1. The molecule has 2 aliphatic rings. The van der Waals surface area contributed by atoms with Crippen LogP contribution in [0.2, 0.25) is 0 Å². The summed E-state index contributed by atoms with van der Waals surface area (Å²) in [5.41, 5.74) is 2.14. The fourth-order valence-electron chi connectivity index (χ4n) is 4.34. The van der Waals surface area contributed by atoms with Crippen LogP contribution in [0.25, 0.3) is 11.1 Å². The quantitative estimate of drug-likeness (QED) is 0.541. The maximum Gasteiger partial charge on any atom is 0.264 e. The van der Waals surface area contributed by atoms with Crippen molar-refractivity contribution in [2.24, 2.45) is 0 Å². The van der Waals surface area contributed by atoms with Gasteiger partial charge in [0, 0.05) is 44.8 Å². The predicted octanol–water partition coefficient (Wildman–Crippen LogP) is 3.40. The molecule has 0 N–H and O–H groups in total. The van der Waals surface area contributed by atoms with Crippen molar-refractivity contribution < 1.29 is 17.9 Å². The molecule has 5 rings (SSSR count). The van der Waals surface area contributed by atoms with Gasteiger partial charge in [0.2, 0.25) is 10.0 Å². The topological polar surface area (TPSA) is 70.2 Å². The van der Waals surface area contributed by atoms with Gasteiger partial charge in [-0.2, -0.15) is 4.31 Å². The molecule has 0 aliphatic carbocycles. The lowest BCUT2D eigenvalue weighted by Crippen LogP contribution is -2.50. The number of sulfonamides is 1. The monoisotopic (exact) mass is 497 g/mol. The zero-order valence-corrected chi connectivity index (χ0v) is 20.4. The summed E-state index contributed by atoms with van der Waals surface area (Å²) in [6.45, 7) is 4.26. The second kappa shape index (κ2) is 9.87. The third-order valence-electron chi connectivity index (χ3n) is 6.21. The van der Waals surface area contributed by atoms with E-state index in [1.807, 2.05) is 24.3 Å². The molecule has 0 atom stereocenters. The predicted molar refractivity (Wildman–Crippen MR) is 134 cm³/mol. The van der Waals surface area contributed by atoms with Gasteiger partial charge in [-0.3, -0.25) is 4.79 Å². The molecule has 2 aromatic carbocycles. The zero-order chi connectivity index (χ0) is 23.5. The first-order valence-electron chi connectivity index (χ1n) is 11.4. The smallest absolute Gasteiger partial charge is 0.264 e. The lowest BCUT2D eigenvalue weighted by Gasteiger charge is -2.33. The summed E-state index contributed by atoms with van der Waals surface area (Å²) in [5.74, 6) is -0.0431. The van der Waals surface area contributed by atoms with Gasteiger partial charge in [0.15, 0.2) is 0 Å². The number of carbonyl (C=O) groups excluding carboxylic acids is 1. The van der Waals surface area contributed by atoms with Crippen molar-refractivity contribution >= 4 is 32.3 Å². The summed E-state index contributed by atoms with van der Waals surface area (Å²) < 4.78 is 32.8. The molecule has 0 saturated carbocycles. The normalized spacial score (nSPS) is 17.6. The van der Waals surface area contributed by atoms with Crippen molar-refractivity contribution in [2.45, 2.75) is 4.90 Å². The molecule has 0 spiro atoms. The first kappa shape index (κ1) is 23.0. The van der Waals surface area contributed by atoms with E-state index in [0.717, 1.165) is 29.2 Å². The highest BCUT2D eigenvalue weighted by molar-refractivity contribution is 7.89. The number of hydrogen-bond donors (Lipinski definition) is 0. The third kappa shape index (κ3) is 4.61.